The maximum Gasteiger partial charge on any atom is 0.251 e. The molecule has 140 valence electrons. The van der Waals surface area contributed by atoms with Crippen LogP contribution in [0, 0.1) is 5.92 Å². The third-order valence-electron chi connectivity index (χ3n) is 5.24. The van der Waals surface area contributed by atoms with E-state index in [2.05, 4.69) is 0 Å². The van der Waals surface area contributed by atoms with E-state index in [4.69, 9.17) is 9.47 Å². The number of nitrogens with zero attached hydrogens (tertiary/aromatic N) is 3. The number of carbonyl (C=O) groups excluding carboxylic acids is 3. The third-order valence-corrected chi connectivity index (χ3v) is 5.24. The fraction of sp³-hybridized carbons (Fsp3) is 0.824. The number of hydrogen-bond acceptors (Lipinski definition) is 5. The first kappa shape index (κ1) is 18.1. The Bertz CT molecular complexity index is 512. The molecule has 0 aromatic heterocycles. The van der Waals surface area contributed by atoms with Crippen molar-refractivity contribution >= 4 is 17.7 Å². The van der Waals surface area contributed by atoms with Crippen LogP contribution in [0.3, 0.4) is 0 Å². The standard InChI is InChI=1S/C17H27N3O5/c1-24-10-8-20-12-13(11-15(20)21)16(22)18-4-6-19(7-5-18)17(23)14-3-2-9-25-14/h13-14H,2-12H2,1H3/t13-,14+/m1/s1. The molecule has 25 heavy (non-hydrogen) atoms. The Morgan fingerprint density at radius 2 is 1.84 bits per heavy atom. The number of likely N-dealkylation sites (tertiary alicyclic amines) is 1. The van der Waals surface area contributed by atoms with Gasteiger partial charge in [0.05, 0.1) is 12.5 Å². The van der Waals surface area contributed by atoms with Crippen molar-refractivity contribution in [1.82, 2.24) is 14.7 Å². The maximum absolute atomic E-state index is 12.7. The second-order valence-electron chi connectivity index (χ2n) is 6.89. The van der Waals surface area contributed by atoms with Crippen molar-refractivity contribution in [3.05, 3.63) is 0 Å². The van der Waals surface area contributed by atoms with E-state index < -0.39 is 0 Å². The fourth-order valence-electron chi connectivity index (χ4n) is 3.74. The monoisotopic (exact) mass is 353 g/mol. The van der Waals surface area contributed by atoms with E-state index >= 15 is 0 Å². The SMILES string of the molecule is COCCN1C[C@H](C(=O)N2CCN(C(=O)[C@@H]3CCCO3)CC2)CC1=O. The van der Waals surface area contributed by atoms with Gasteiger partial charge in [-0.2, -0.15) is 0 Å². The quantitative estimate of drug-likeness (QED) is 0.655. The van der Waals surface area contributed by atoms with E-state index in [0.717, 1.165) is 12.8 Å². The lowest BCUT2D eigenvalue weighted by atomic mass is 10.1. The molecule has 3 aliphatic heterocycles. The number of hydrogen-bond donors (Lipinski definition) is 0. The van der Waals surface area contributed by atoms with E-state index in [0.29, 0.717) is 52.5 Å². The first-order valence-corrected chi connectivity index (χ1v) is 9.06. The van der Waals surface area contributed by atoms with Crippen molar-refractivity contribution in [3.63, 3.8) is 0 Å². The molecule has 3 heterocycles. The van der Waals surface area contributed by atoms with Gasteiger partial charge in [0.25, 0.3) is 5.91 Å². The minimum atomic E-state index is -0.302. The number of piperazine rings is 1. The Kier molecular flexibility index (Phi) is 5.90. The Hall–Kier alpha value is -1.67. The van der Waals surface area contributed by atoms with E-state index in [-0.39, 0.29) is 36.2 Å². The summed E-state index contributed by atoms with van der Waals surface area (Å²) in [6.07, 6.45) is 1.70. The van der Waals surface area contributed by atoms with Crippen molar-refractivity contribution in [2.24, 2.45) is 5.92 Å². The Labute approximate surface area is 148 Å². The summed E-state index contributed by atoms with van der Waals surface area (Å²) in [5.41, 5.74) is 0. The topological polar surface area (TPSA) is 79.4 Å². The second-order valence-corrected chi connectivity index (χ2v) is 6.89. The normalized spacial score (nSPS) is 27.2. The average molecular weight is 353 g/mol. The van der Waals surface area contributed by atoms with Crippen LogP contribution in [0.15, 0.2) is 0 Å². The average Bonchev–Trinajstić information content (AvgIpc) is 3.29. The van der Waals surface area contributed by atoms with Crippen LogP contribution >= 0.6 is 0 Å². The van der Waals surface area contributed by atoms with E-state index in [1.54, 1.807) is 21.8 Å². The molecule has 0 spiro atoms. The van der Waals surface area contributed by atoms with Crippen molar-refractivity contribution < 1.29 is 23.9 Å². The van der Waals surface area contributed by atoms with Gasteiger partial charge in [0.1, 0.15) is 6.10 Å². The highest BCUT2D eigenvalue weighted by Gasteiger charge is 2.38. The van der Waals surface area contributed by atoms with Gasteiger partial charge in [-0.25, -0.2) is 0 Å². The molecule has 0 aromatic carbocycles. The first-order chi connectivity index (χ1) is 12.1. The molecule has 2 atom stereocenters. The van der Waals surface area contributed by atoms with Gasteiger partial charge in [0.2, 0.25) is 11.8 Å². The van der Waals surface area contributed by atoms with E-state index in [1.807, 2.05) is 0 Å². The highest BCUT2D eigenvalue weighted by atomic mass is 16.5. The summed E-state index contributed by atoms with van der Waals surface area (Å²) < 4.78 is 10.5. The zero-order valence-corrected chi connectivity index (χ0v) is 14.8. The van der Waals surface area contributed by atoms with Crippen LogP contribution in [0.2, 0.25) is 0 Å². The van der Waals surface area contributed by atoms with E-state index in [1.165, 1.54) is 0 Å². The van der Waals surface area contributed by atoms with Gasteiger partial charge >= 0.3 is 0 Å². The third kappa shape index (κ3) is 4.12. The van der Waals surface area contributed by atoms with Crippen LogP contribution in [-0.4, -0.2) is 98.1 Å². The highest BCUT2D eigenvalue weighted by molar-refractivity contribution is 5.89. The summed E-state index contributed by atoms with van der Waals surface area (Å²) in [5, 5.41) is 0. The minimum Gasteiger partial charge on any atom is -0.383 e. The second kappa shape index (κ2) is 8.14. The Morgan fingerprint density at radius 3 is 2.44 bits per heavy atom. The summed E-state index contributed by atoms with van der Waals surface area (Å²) in [6.45, 7) is 4.27. The van der Waals surface area contributed by atoms with Gasteiger partial charge in [-0.15, -0.1) is 0 Å². The van der Waals surface area contributed by atoms with Crippen molar-refractivity contribution in [3.8, 4) is 0 Å². The van der Waals surface area contributed by atoms with Crippen LogP contribution in [0.4, 0.5) is 0 Å². The maximum atomic E-state index is 12.7. The molecular weight excluding hydrogens is 326 g/mol. The molecule has 0 radical (unpaired) electrons. The van der Waals surface area contributed by atoms with Crippen LogP contribution < -0.4 is 0 Å². The molecule has 0 bridgehead atoms. The molecule has 0 aliphatic carbocycles. The van der Waals surface area contributed by atoms with Gasteiger partial charge in [-0.3, -0.25) is 14.4 Å². The number of rotatable bonds is 5. The van der Waals surface area contributed by atoms with Crippen LogP contribution in [0.1, 0.15) is 19.3 Å². The Morgan fingerprint density at radius 1 is 1.16 bits per heavy atom. The fourth-order valence-corrected chi connectivity index (χ4v) is 3.74. The summed E-state index contributed by atoms with van der Waals surface area (Å²) in [6, 6.07) is 0. The lowest BCUT2D eigenvalue weighted by Crippen LogP contribution is -2.54. The largest absolute Gasteiger partial charge is 0.383 e. The number of methoxy groups -OCH3 is 1. The number of amides is 3. The molecule has 0 aromatic rings. The smallest absolute Gasteiger partial charge is 0.251 e. The van der Waals surface area contributed by atoms with Crippen LogP contribution in [-0.2, 0) is 23.9 Å². The predicted molar refractivity (Wildman–Crippen MR) is 88.7 cm³/mol. The number of carbonyl (C=O) groups is 3. The lowest BCUT2D eigenvalue weighted by Gasteiger charge is -2.36. The molecular formula is C17H27N3O5. The molecule has 3 aliphatic rings. The summed E-state index contributed by atoms with van der Waals surface area (Å²) in [4.78, 5) is 42.3. The molecule has 3 saturated heterocycles. The van der Waals surface area contributed by atoms with Gasteiger partial charge in [-0.05, 0) is 12.8 Å². The highest BCUT2D eigenvalue weighted by Crippen LogP contribution is 2.21. The molecule has 8 heteroatoms. The Balaban J connectivity index is 1.47. The predicted octanol–water partition coefficient (Wildman–Crippen LogP) is -0.669. The first-order valence-electron chi connectivity index (χ1n) is 9.06. The molecule has 0 unspecified atom stereocenters. The zero-order valence-electron chi connectivity index (χ0n) is 14.8. The van der Waals surface area contributed by atoms with Crippen molar-refractivity contribution in [1.29, 1.82) is 0 Å². The summed E-state index contributed by atoms with van der Waals surface area (Å²) in [5.74, 6) is -0.184. The number of ether oxygens (including phenoxy) is 2. The van der Waals surface area contributed by atoms with Gasteiger partial charge in [0.15, 0.2) is 0 Å². The molecule has 3 fully saturated rings. The molecule has 3 rings (SSSR count). The molecule has 0 saturated carbocycles. The molecule has 3 amide bonds. The lowest BCUT2D eigenvalue weighted by molar-refractivity contribution is -0.147. The van der Waals surface area contributed by atoms with Gasteiger partial charge in [0, 0.05) is 59.4 Å². The van der Waals surface area contributed by atoms with Crippen LogP contribution in [0.5, 0.6) is 0 Å². The van der Waals surface area contributed by atoms with Gasteiger partial charge in [-0.1, -0.05) is 0 Å². The molecule has 8 nitrogen and oxygen atoms in total. The van der Waals surface area contributed by atoms with E-state index in [9.17, 15) is 14.4 Å². The summed E-state index contributed by atoms with van der Waals surface area (Å²) >= 11 is 0. The molecule has 0 N–H and O–H groups in total. The van der Waals surface area contributed by atoms with Crippen LogP contribution in [0.25, 0.3) is 0 Å². The van der Waals surface area contributed by atoms with Crippen molar-refractivity contribution in [2.45, 2.75) is 25.4 Å². The minimum absolute atomic E-state index is 0.0163. The van der Waals surface area contributed by atoms with Crippen molar-refractivity contribution in [2.75, 3.05) is 59.6 Å². The summed E-state index contributed by atoms with van der Waals surface area (Å²) in [7, 11) is 1.60. The van der Waals surface area contributed by atoms with Gasteiger partial charge < -0.3 is 24.2 Å². The zero-order chi connectivity index (χ0) is 17.8.